The number of nitrogens with one attached hydrogen (secondary N) is 1. The van der Waals surface area contributed by atoms with E-state index in [2.05, 4.69) is 15.4 Å². The molecule has 0 bridgehead atoms. The van der Waals surface area contributed by atoms with E-state index >= 15 is 0 Å². The third-order valence-corrected chi connectivity index (χ3v) is 3.11. The van der Waals surface area contributed by atoms with Crippen molar-refractivity contribution in [3.63, 3.8) is 0 Å². The summed E-state index contributed by atoms with van der Waals surface area (Å²) in [4.78, 5) is 12.7. The Morgan fingerprint density at radius 3 is 2.78 bits per heavy atom. The number of rotatable bonds is 3. The zero-order chi connectivity index (χ0) is 13.0. The van der Waals surface area contributed by atoms with Crippen molar-refractivity contribution in [1.82, 2.24) is 5.43 Å². The lowest BCUT2D eigenvalue weighted by Crippen LogP contribution is -2.24. The van der Waals surface area contributed by atoms with Crippen LogP contribution in [0.1, 0.15) is 18.4 Å². The van der Waals surface area contributed by atoms with E-state index in [9.17, 15) is 4.79 Å². The molecule has 0 atom stereocenters. The second-order valence-corrected chi connectivity index (χ2v) is 4.55. The van der Waals surface area contributed by atoms with E-state index < -0.39 is 6.03 Å². The third-order valence-electron chi connectivity index (χ3n) is 2.81. The first-order chi connectivity index (χ1) is 8.66. The van der Waals surface area contributed by atoms with Gasteiger partial charge in [-0.05, 0) is 30.5 Å². The highest BCUT2D eigenvalue weighted by Gasteiger charge is 2.14. The number of hydrogen-bond acceptors (Lipinski definition) is 3. The minimum absolute atomic E-state index is 0.689. The average Bonchev–Trinajstić information content (AvgIpc) is 2.82. The maximum absolute atomic E-state index is 10.4. The number of halogens is 1. The van der Waals surface area contributed by atoms with Gasteiger partial charge < -0.3 is 10.6 Å². The van der Waals surface area contributed by atoms with E-state index in [1.807, 2.05) is 18.2 Å². The Morgan fingerprint density at radius 2 is 2.17 bits per heavy atom. The van der Waals surface area contributed by atoms with Crippen LogP contribution in [0.25, 0.3) is 0 Å². The van der Waals surface area contributed by atoms with E-state index in [4.69, 9.17) is 17.3 Å². The lowest BCUT2D eigenvalue weighted by molar-refractivity contribution is 0.249. The molecule has 96 valence electrons. The van der Waals surface area contributed by atoms with Gasteiger partial charge in [-0.2, -0.15) is 5.10 Å². The highest BCUT2D eigenvalue weighted by Crippen LogP contribution is 2.29. The number of primary amides is 1. The van der Waals surface area contributed by atoms with Gasteiger partial charge >= 0.3 is 6.03 Å². The molecule has 5 nitrogen and oxygen atoms in total. The van der Waals surface area contributed by atoms with Crippen LogP contribution >= 0.6 is 11.6 Å². The topological polar surface area (TPSA) is 70.7 Å². The number of hydrogen-bond donors (Lipinski definition) is 2. The van der Waals surface area contributed by atoms with Crippen LogP contribution in [0.15, 0.2) is 23.3 Å². The molecular formula is C12H15ClN4O. The summed E-state index contributed by atoms with van der Waals surface area (Å²) in [6, 6.07) is 5.01. The van der Waals surface area contributed by atoms with Crippen molar-refractivity contribution in [2.75, 3.05) is 18.0 Å². The molecular weight excluding hydrogens is 252 g/mol. The summed E-state index contributed by atoms with van der Waals surface area (Å²) in [6.07, 6.45) is 3.93. The van der Waals surface area contributed by atoms with Crippen molar-refractivity contribution >= 4 is 29.5 Å². The standard InChI is InChI=1S/C12H15ClN4O/c13-10-7-9(8-15-16-12(14)18)3-4-11(10)17-5-1-2-6-17/h3-4,7-8H,1-2,5-6H2,(H3,14,16,18). The van der Waals surface area contributed by atoms with Gasteiger partial charge in [0.1, 0.15) is 0 Å². The van der Waals surface area contributed by atoms with E-state index in [0.717, 1.165) is 24.3 Å². The maximum atomic E-state index is 10.4. The minimum atomic E-state index is -0.689. The monoisotopic (exact) mass is 266 g/mol. The fraction of sp³-hybridized carbons (Fsp3) is 0.333. The molecule has 1 aromatic carbocycles. The smallest absolute Gasteiger partial charge is 0.332 e. The molecule has 1 aromatic rings. The number of benzene rings is 1. The summed E-state index contributed by atoms with van der Waals surface area (Å²) in [7, 11) is 0. The molecule has 1 fully saturated rings. The van der Waals surface area contributed by atoms with Crippen molar-refractivity contribution in [3.8, 4) is 0 Å². The number of amides is 2. The fourth-order valence-electron chi connectivity index (χ4n) is 1.99. The molecule has 0 spiro atoms. The first-order valence-electron chi connectivity index (χ1n) is 5.80. The highest BCUT2D eigenvalue weighted by atomic mass is 35.5. The predicted octanol–water partition coefficient (Wildman–Crippen LogP) is 1.94. The normalized spacial score (nSPS) is 15.3. The summed E-state index contributed by atoms with van der Waals surface area (Å²) in [6.45, 7) is 2.10. The van der Waals surface area contributed by atoms with Crippen LogP contribution in [0.5, 0.6) is 0 Å². The quantitative estimate of drug-likeness (QED) is 0.648. The molecule has 1 heterocycles. The Kier molecular flexibility index (Phi) is 4.04. The average molecular weight is 267 g/mol. The van der Waals surface area contributed by atoms with E-state index in [1.54, 1.807) is 0 Å². The van der Waals surface area contributed by atoms with E-state index in [0.29, 0.717) is 5.02 Å². The molecule has 6 heteroatoms. The third kappa shape index (κ3) is 3.13. The Bertz CT molecular complexity index is 469. The number of anilines is 1. The molecule has 3 N–H and O–H groups in total. The van der Waals surface area contributed by atoms with Crippen LogP contribution in [0, 0.1) is 0 Å². The van der Waals surface area contributed by atoms with Crippen LogP contribution in [0.2, 0.25) is 5.02 Å². The number of hydrazone groups is 1. The molecule has 1 saturated heterocycles. The molecule has 0 aliphatic carbocycles. The van der Waals surface area contributed by atoms with E-state index in [1.165, 1.54) is 19.1 Å². The van der Waals surface area contributed by atoms with Gasteiger partial charge in [-0.15, -0.1) is 0 Å². The SMILES string of the molecule is NC(=O)NN=Cc1ccc(N2CCCC2)c(Cl)c1. The number of nitrogens with zero attached hydrogens (tertiary/aromatic N) is 2. The summed E-state index contributed by atoms with van der Waals surface area (Å²) in [5.41, 5.74) is 8.90. The molecule has 18 heavy (non-hydrogen) atoms. The summed E-state index contributed by atoms with van der Waals surface area (Å²) in [5, 5.41) is 4.38. The van der Waals surface area contributed by atoms with Crippen molar-refractivity contribution in [1.29, 1.82) is 0 Å². The lowest BCUT2D eigenvalue weighted by Gasteiger charge is -2.19. The Labute approximate surface area is 111 Å². The maximum Gasteiger partial charge on any atom is 0.332 e. The van der Waals surface area contributed by atoms with Gasteiger partial charge in [0.15, 0.2) is 0 Å². The van der Waals surface area contributed by atoms with Crippen molar-refractivity contribution in [2.24, 2.45) is 10.8 Å². The van der Waals surface area contributed by atoms with Gasteiger partial charge in [-0.3, -0.25) is 0 Å². The molecule has 2 rings (SSSR count). The van der Waals surface area contributed by atoms with Crippen molar-refractivity contribution in [2.45, 2.75) is 12.8 Å². The van der Waals surface area contributed by atoms with Crippen LogP contribution in [0.3, 0.4) is 0 Å². The number of carbonyl (C=O) groups excluding carboxylic acids is 1. The van der Waals surface area contributed by atoms with E-state index in [-0.39, 0.29) is 0 Å². The van der Waals surface area contributed by atoms with Crippen molar-refractivity contribution in [3.05, 3.63) is 28.8 Å². The first kappa shape index (κ1) is 12.7. The molecule has 2 amide bonds. The van der Waals surface area contributed by atoms with Crippen LogP contribution < -0.4 is 16.1 Å². The number of nitrogens with two attached hydrogens (primary N) is 1. The summed E-state index contributed by atoms with van der Waals surface area (Å²) in [5.74, 6) is 0. The Hall–Kier alpha value is -1.75. The largest absolute Gasteiger partial charge is 0.370 e. The zero-order valence-electron chi connectivity index (χ0n) is 9.90. The van der Waals surface area contributed by atoms with Crippen LogP contribution in [-0.4, -0.2) is 25.3 Å². The number of carbonyl (C=O) groups is 1. The second kappa shape index (κ2) is 5.73. The number of urea groups is 1. The Morgan fingerprint density at radius 1 is 1.44 bits per heavy atom. The molecule has 0 unspecified atom stereocenters. The van der Waals surface area contributed by atoms with Crippen molar-refractivity contribution < 1.29 is 4.79 Å². The molecule has 0 saturated carbocycles. The highest BCUT2D eigenvalue weighted by molar-refractivity contribution is 6.33. The van der Waals surface area contributed by atoms with Gasteiger partial charge in [0.2, 0.25) is 0 Å². The van der Waals surface area contributed by atoms with Crippen LogP contribution in [-0.2, 0) is 0 Å². The lowest BCUT2D eigenvalue weighted by atomic mass is 10.2. The first-order valence-corrected chi connectivity index (χ1v) is 6.17. The van der Waals surface area contributed by atoms with Gasteiger partial charge in [0, 0.05) is 13.1 Å². The predicted molar refractivity (Wildman–Crippen MR) is 73.2 cm³/mol. The summed E-state index contributed by atoms with van der Waals surface area (Å²) >= 11 is 6.24. The minimum Gasteiger partial charge on any atom is -0.370 e. The molecule has 1 aliphatic rings. The Balaban J connectivity index is 2.09. The van der Waals surface area contributed by atoms with Crippen LogP contribution in [0.4, 0.5) is 10.5 Å². The van der Waals surface area contributed by atoms with Gasteiger partial charge in [0.25, 0.3) is 0 Å². The second-order valence-electron chi connectivity index (χ2n) is 4.14. The van der Waals surface area contributed by atoms with Gasteiger partial charge in [0.05, 0.1) is 16.9 Å². The summed E-state index contributed by atoms with van der Waals surface area (Å²) < 4.78 is 0. The van der Waals surface area contributed by atoms with Gasteiger partial charge in [-0.1, -0.05) is 17.7 Å². The molecule has 1 aliphatic heterocycles. The zero-order valence-corrected chi connectivity index (χ0v) is 10.7. The van der Waals surface area contributed by atoms with Gasteiger partial charge in [-0.25, -0.2) is 10.2 Å². The fourth-order valence-corrected chi connectivity index (χ4v) is 2.30. The molecule has 0 aromatic heterocycles. The molecule has 0 radical (unpaired) electrons.